The van der Waals surface area contributed by atoms with Crippen LogP contribution in [0.5, 0.6) is 0 Å². The molecule has 2 heterocycles. The molecule has 108 valence electrons. The fraction of sp³-hybridized carbons (Fsp3) is 0.562. The summed E-state index contributed by atoms with van der Waals surface area (Å²) >= 11 is 6.30. The van der Waals surface area contributed by atoms with Gasteiger partial charge in [0.1, 0.15) is 0 Å². The molecular formula is C16H21ClN2O. The number of anilines is 1. The Balaban J connectivity index is 1.99. The lowest BCUT2D eigenvalue weighted by Gasteiger charge is -2.39. The first kappa shape index (κ1) is 13.9. The van der Waals surface area contributed by atoms with Gasteiger partial charge >= 0.3 is 0 Å². The monoisotopic (exact) mass is 292 g/mol. The smallest absolute Gasteiger partial charge is 0.235 e. The summed E-state index contributed by atoms with van der Waals surface area (Å²) in [5.74, 6) is 0.128. The summed E-state index contributed by atoms with van der Waals surface area (Å²) in [6, 6.07) is 4.59. The molecule has 4 heteroatoms. The minimum atomic E-state index is -0.365. The zero-order chi connectivity index (χ0) is 14.5. The number of nitrogens with one attached hydrogen (secondary N) is 1. The minimum Gasteiger partial charge on any atom is -0.324 e. The number of benzene rings is 1. The van der Waals surface area contributed by atoms with Crippen LogP contribution < -0.4 is 5.32 Å². The second-order valence-corrected chi connectivity index (χ2v) is 6.74. The molecule has 2 aliphatic heterocycles. The number of hydrogen-bond donors (Lipinski definition) is 1. The van der Waals surface area contributed by atoms with Crippen LogP contribution in [0, 0.1) is 6.92 Å². The summed E-state index contributed by atoms with van der Waals surface area (Å²) in [6.07, 6.45) is 1.76. The Morgan fingerprint density at radius 3 is 2.55 bits per heavy atom. The molecule has 1 spiro atoms. The Kier molecular flexibility index (Phi) is 3.30. The van der Waals surface area contributed by atoms with Gasteiger partial charge in [-0.1, -0.05) is 17.7 Å². The molecule has 0 saturated carbocycles. The van der Waals surface area contributed by atoms with E-state index in [4.69, 9.17) is 11.6 Å². The van der Waals surface area contributed by atoms with Crippen LogP contribution >= 0.6 is 11.6 Å². The van der Waals surface area contributed by atoms with Gasteiger partial charge in [0.15, 0.2) is 0 Å². The van der Waals surface area contributed by atoms with Gasteiger partial charge in [0, 0.05) is 6.04 Å². The largest absolute Gasteiger partial charge is 0.324 e. The van der Waals surface area contributed by atoms with Crippen LogP contribution in [0.4, 0.5) is 5.69 Å². The molecule has 20 heavy (non-hydrogen) atoms. The molecular weight excluding hydrogens is 272 g/mol. The molecule has 0 bridgehead atoms. The standard InChI is InChI=1S/C16H21ClN2O/c1-10(2)19-6-4-16(5-7-19)12-8-11(3)9-13(17)14(12)18-15(16)20/h8-10H,4-7H2,1-3H3,(H,18,20). The number of rotatable bonds is 1. The third kappa shape index (κ3) is 1.95. The van der Waals surface area contributed by atoms with E-state index in [-0.39, 0.29) is 11.3 Å². The summed E-state index contributed by atoms with van der Waals surface area (Å²) in [6.45, 7) is 8.39. The van der Waals surface area contributed by atoms with Crippen LogP contribution in [0.25, 0.3) is 0 Å². The van der Waals surface area contributed by atoms with Crippen LogP contribution in [0.2, 0.25) is 5.02 Å². The Bertz CT molecular complexity index is 560. The highest BCUT2D eigenvalue weighted by Gasteiger charge is 2.49. The number of halogens is 1. The molecule has 1 fully saturated rings. The maximum absolute atomic E-state index is 12.6. The van der Waals surface area contributed by atoms with Crippen molar-refractivity contribution in [2.24, 2.45) is 0 Å². The third-order valence-corrected chi connectivity index (χ3v) is 5.10. The van der Waals surface area contributed by atoms with Crippen molar-refractivity contribution >= 4 is 23.2 Å². The van der Waals surface area contributed by atoms with Crippen LogP contribution in [0.1, 0.15) is 37.8 Å². The van der Waals surface area contributed by atoms with Gasteiger partial charge in [-0.2, -0.15) is 0 Å². The minimum absolute atomic E-state index is 0.128. The van der Waals surface area contributed by atoms with Gasteiger partial charge in [-0.15, -0.1) is 0 Å². The lowest BCUT2D eigenvalue weighted by Crippen LogP contribution is -2.48. The first-order valence-electron chi connectivity index (χ1n) is 7.30. The highest BCUT2D eigenvalue weighted by Crippen LogP contribution is 2.48. The molecule has 1 aromatic rings. The highest BCUT2D eigenvalue weighted by molar-refractivity contribution is 6.35. The summed E-state index contributed by atoms with van der Waals surface area (Å²) < 4.78 is 0. The van der Waals surface area contributed by atoms with Gasteiger partial charge in [0.25, 0.3) is 0 Å². The van der Waals surface area contributed by atoms with Crippen molar-refractivity contribution in [3.8, 4) is 0 Å². The normalized spacial score (nSPS) is 21.4. The average Bonchev–Trinajstić information content (AvgIpc) is 2.65. The Hall–Kier alpha value is -1.06. The van der Waals surface area contributed by atoms with E-state index in [1.165, 1.54) is 0 Å². The fourth-order valence-electron chi connectivity index (χ4n) is 3.52. The zero-order valence-electron chi connectivity index (χ0n) is 12.3. The summed E-state index contributed by atoms with van der Waals surface area (Å²) in [5, 5.41) is 3.67. The van der Waals surface area contributed by atoms with E-state index in [1.54, 1.807) is 0 Å². The summed E-state index contributed by atoms with van der Waals surface area (Å²) in [7, 11) is 0. The molecule has 3 nitrogen and oxygen atoms in total. The number of fused-ring (bicyclic) bond motifs is 2. The van der Waals surface area contributed by atoms with Crippen molar-refractivity contribution < 1.29 is 4.79 Å². The molecule has 0 aromatic heterocycles. The number of nitrogens with zero attached hydrogens (tertiary/aromatic N) is 1. The fourth-order valence-corrected chi connectivity index (χ4v) is 3.84. The molecule has 3 rings (SSSR count). The van der Waals surface area contributed by atoms with Gasteiger partial charge in [-0.05, 0) is 63.9 Å². The number of carbonyl (C=O) groups is 1. The van der Waals surface area contributed by atoms with Crippen molar-refractivity contribution in [1.29, 1.82) is 0 Å². The van der Waals surface area contributed by atoms with Crippen LogP contribution in [0.3, 0.4) is 0 Å². The topological polar surface area (TPSA) is 32.3 Å². The Morgan fingerprint density at radius 1 is 1.30 bits per heavy atom. The van der Waals surface area contributed by atoms with Crippen molar-refractivity contribution in [1.82, 2.24) is 4.90 Å². The van der Waals surface area contributed by atoms with E-state index >= 15 is 0 Å². The number of carbonyl (C=O) groups excluding carboxylic acids is 1. The van der Waals surface area contributed by atoms with E-state index in [9.17, 15) is 4.79 Å². The van der Waals surface area contributed by atoms with Gasteiger partial charge in [-0.25, -0.2) is 0 Å². The number of aryl methyl sites for hydroxylation is 1. The quantitative estimate of drug-likeness (QED) is 0.861. The maximum Gasteiger partial charge on any atom is 0.235 e. The van der Waals surface area contributed by atoms with Crippen LogP contribution in [-0.2, 0) is 10.2 Å². The predicted octanol–water partition coefficient (Wildman–Crippen LogP) is 3.34. The van der Waals surface area contributed by atoms with E-state index < -0.39 is 0 Å². The van der Waals surface area contributed by atoms with Crippen molar-refractivity contribution in [2.45, 2.75) is 45.1 Å². The van der Waals surface area contributed by atoms with Crippen molar-refractivity contribution in [2.75, 3.05) is 18.4 Å². The molecule has 1 aromatic carbocycles. The van der Waals surface area contributed by atoms with Gasteiger partial charge in [-0.3, -0.25) is 4.79 Å². The Morgan fingerprint density at radius 2 is 1.95 bits per heavy atom. The van der Waals surface area contributed by atoms with E-state index in [2.05, 4.69) is 30.1 Å². The third-order valence-electron chi connectivity index (χ3n) is 4.81. The molecule has 0 aliphatic carbocycles. The molecule has 1 amide bonds. The SMILES string of the molecule is Cc1cc(Cl)c2c(c1)C1(CCN(C(C)C)CC1)C(=O)N2. The molecule has 1 N–H and O–H groups in total. The van der Waals surface area contributed by atoms with E-state index in [0.29, 0.717) is 11.1 Å². The van der Waals surface area contributed by atoms with Gasteiger partial charge in [0.05, 0.1) is 16.1 Å². The lowest BCUT2D eigenvalue weighted by molar-refractivity contribution is -0.122. The van der Waals surface area contributed by atoms with Crippen LogP contribution in [-0.4, -0.2) is 29.9 Å². The zero-order valence-corrected chi connectivity index (χ0v) is 13.0. The molecule has 0 unspecified atom stereocenters. The number of amides is 1. The Labute approximate surface area is 125 Å². The van der Waals surface area contributed by atoms with Gasteiger partial charge in [0.2, 0.25) is 5.91 Å². The first-order valence-corrected chi connectivity index (χ1v) is 7.68. The summed E-state index contributed by atoms with van der Waals surface area (Å²) in [4.78, 5) is 15.0. The molecule has 1 saturated heterocycles. The van der Waals surface area contributed by atoms with Crippen molar-refractivity contribution in [3.05, 3.63) is 28.3 Å². The van der Waals surface area contributed by atoms with Crippen molar-refractivity contribution in [3.63, 3.8) is 0 Å². The maximum atomic E-state index is 12.6. The summed E-state index contributed by atoms with van der Waals surface area (Å²) in [5.41, 5.74) is 2.70. The number of piperidine rings is 1. The molecule has 0 atom stereocenters. The van der Waals surface area contributed by atoms with Gasteiger partial charge < -0.3 is 10.2 Å². The number of likely N-dealkylation sites (tertiary alicyclic amines) is 1. The molecule has 2 aliphatic rings. The first-order chi connectivity index (χ1) is 9.44. The predicted molar refractivity (Wildman–Crippen MR) is 82.4 cm³/mol. The average molecular weight is 293 g/mol. The van der Waals surface area contributed by atoms with Crippen LogP contribution in [0.15, 0.2) is 12.1 Å². The second kappa shape index (κ2) is 4.74. The second-order valence-electron chi connectivity index (χ2n) is 6.34. The lowest BCUT2D eigenvalue weighted by atomic mass is 9.73. The molecule has 0 radical (unpaired) electrons. The van der Waals surface area contributed by atoms with E-state index in [1.807, 2.05) is 13.0 Å². The number of hydrogen-bond acceptors (Lipinski definition) is 2. The highest BCUT2D eigenvalue weighted by atomic mass is 35.5. The van der Waals surface area contributed by atoms with E-state index in [0.717, 1.165) is 42.7 Å².